The summed E-state index contributed by atoms with van der Waals surface area (Å²) in [6.07, 6.45) is 29.0. The van der Waals surface area contributed by atoms with Gasteiger partial charge in [0.05, 0.1) is 0 Å². The van der Waals surface area contributed by atoms with E-state index in [9.17, 15) is 4.79 Å². The molecule has 30 heavy (non-hydrogen) atoms. The predicted molar refractivity (Wildman–Crippen MR) is 133 cm³/mol. The zero-order valence-corrected chi connectivity index (χ0v) is 21.1. The molecule has 0 saturated heterocycles. The lowest BCUT2D eigenvalue weighted by Crippen LogP contribution is -2.02. The van der Waals surface area contributed by atoms with Gasteiger partial charge in [-0.3, -0.25) is 4.79 Å². The molecule has 2 heteroatoms. The van der Waals surface area contributed by atoms with Gasteiger partial charge in [0.2, 0.25) is 0 Å². The number of carbonyl (C=O) groups is 1. The monoisotopic (exact) mass is 424 g/mol. The summed E-state index contributed by atoms with van der Waals surface area (Å²) < 4.78 is 0. The second-order valence-electron chi connectivity index (χ2n) is 10.2. The van der Waals surface area contributed by atoms with Crippen molar-refractivity contribution in [2.75, 3.05) is 0 Å². The largest absolute Gasteiger partial charge is 0.481 e. The van der Waals surface area contributed by atoms with Gasteiger partial charge in [0.25, 0.3) is 0 Å². The number of hydrogen-bond donors (Lipinski definition) is 1. The maximum atomic E-state index is 10.5. The van der Waals surface area contributed by atoms with E-state index in [0.717, 1.165) is 24.7 Å². The lowest BCUT2D eigenvalue weighted by Gasteiger charge is -2.17. The molecular formula is C28H56O2. The van der Waals surface area contributed by atoms with Crippen molar-refractivity contribution >= 4 is 5.97 Å². The number of aliphatic carboxylic acids is 1. The molecule has 0 radical (unpaired) electrons. The minimum atomic E-state index is -0.649. The molecule has 180 valence electrons. The van der Waals surface area contributed by atoms with E-state index in [1.54, 1.807) is 0 Å². The van der Waals surface area contributed by atoms with Crippen LogP contribution in [0.5, 0.6) is 0 Å². The second kappa shape index (κ2) is 23.1. The maximum Gasteiger partial charge on any atom is 0.303 e. The first-order chi connectivity index (χ1) is 14.6. The van der Waals surface area contributed by atoms with Crippen LogP contribution in [0.3, 0.4) is 0 Å². The molecule has 0 rings (SSSR count). The van der Waals surface area contributed by atoms with Crippen molar-refractivity contribution in [3.05, 3.63) is 0 Å². The van der Waals surface area contributed by atoms with Crippen molar-refractivity contribution in [3.63, 3.8) is 0 Å². The molecule has 1 atom stereocenters. The molecule has 0 spiro atoms. The minimum absolute atomic E-state index is 0.344. The fraction of sp³-hybridized carbons (Fsp3) is 0.964. The van der Waals surface area contributed by atoms with Gasteiger partial charge in [0, 0.05) is 6.42 Å². The molecule has 0 aliphatic carbocycles. The maximum absolute atomic E-state index is 10.5. The van der Waals surface area contributed by atoms with Crippen molar-refractivity contribution in [1.29, 1.82) is 0 Å². The van der Waals surface area contributed by atoms with Crippen LogP contribution in [0.1, 0.15) is 162 Å². The van der Waals surface area contributed by atoms with Crippen molar-refractivity contribution in [3.8, 4) is 0 Å². The minimum Gasteiger partial charge on any atom is -0.481 e. The quantitative estimate of drug-likeness (QED) is 0.156. The molecule has 2 nitrogen and oxygen atoms in total. The molecule has 0 bridgehead atoms. The zero-order valence-electron chi connectivity index (χ0n) is 21.1. The third-order valence-corrected chi connectivity index (χ3v) is 6.61. The highest BCUT2D eigenvalue weighted by molar-refractivity contribution is 5.66. The SMILES string of the molecule is CCCCCCCCCC(CCCCCCCCCCCC(=O)O)CCCC(C)C. The topological polar surface area (TPSA) is 37.3 Å². The highest BCUT2D eigenvalue weighted by Crippen LogP contribution is 2.25. The second-order valence-corrected chi connectivity index (χ2v) is 10.2. The van der Waals surface area contributed by atoms with Gasteiger partial charge in [-0.05, 0) is 18.3 Å². The molecule has 0 aromatic carbocycles. The molecule has 0 aromatic heterocycles. The third kappa shape index (κ3) is 23.7. The first-order valence-electron chi connectivity index (χ1n) is 13.8. The van der Waals surface area contributed by atoms with Crippen LogP contribution in [0.2, 0.25) is 0 Å². The van der Waals surface area contributed by atoms with E-state index in [4.69, 9.17) is 5.11 Å². The van der Waals surface area contributed by atoms with Gasteiger partial charge in [-0.1, -0.05) is 149 Å². The Morgan fingerprint density at radius 2 is 0.967 bits per heavy atom. The summed E-state index contributed by atoms with van der Waals surface area (Å²) in [7, 11) is 0. The summed E-state index contributed by atoms with van der Waals surface area (Å²) >= 11 is 0. The van der Waals surface area contributed by atoms with Crippen LogP contribution in [0.4, 0.5) is 0 Å². The third-order valence-electron chi connectivity index (χ3n) is 6.61. The molecule has 0 saturated carbocycles. The van der Waals surface area contributed by atoms with Crippen LogP contribution in [-0.4, -0.2) is 11.1 Å². The molecule has 0 fully saturated rings. The number of carboxylic acids is 1. The van der Waals surface area contributed by atoms with E-state index in [0.29, 0.717) is 6.42 Å². The van der Waals surface area contributed by atoms with Crippen LogP contribution in [0.25, 0.3) is 0 Å². The Kier molecular flexibility index (Phi) is 22.7. The van der Waals surface area contributed by atoms with Gasteiger partial charge >= 0.3 is 5.97 Å². The Morgan fingerprint density at radius 3 is 1.40 bits per heavy atom. The number of carboxylic acid groups (broad SMARTS) is 1. The van der Waals surface area contributed by atoms with Crippen LogP contribution in [0.15, 0.2) is 0 Å². The van der Waals surface area contributed by atoms with E-state index in [1.807, 2.05) is 0 Å². The van der Waals surface area contributed by atoms with Gasteiger partial charge in [-0.2, -0.15) is 0 Å². The number of rotatable bonds is 24. The fourth-order valence-corrected chi connectivity index (χ4v) is 4.58. The first-order valence-corrected chi connectivity index (χ1v) is 13.8. The molecule has 0 aliphatic rings. The van der Waals surface area contributed by atoms with Gasteiger partial charge in [0.1, 0.15) is 0 Å². The fourth-order valence-electron chi connectivity index (χ4n) is 4.58. The van der Waals surface area contributed by atoms with Crippen LogP contribution in [-0.2, 0) is 4.79 Å². The molecule has 0 amide bonds. The highest BCUT2D eigenvalue weighted by Gasteiger charge is 2.09. The van der Waals surface area contributed by atoms with E-state index in [2.05, 4.69) is 20.8 Å². The number of hydrogen-bond acceptors (Lipinski definition) is 1. The molecular weight excluding hydrogens is 368 g/mol. The lowest BCUT2D eigenvalue weighted by molar-refractivity contribution is -0.137. The van der Waals surface area contributed by atoms with E-state index in [-0.39, 0.29) is 0 Å². The summed E-state index contributed by atoms with van der Waals surface area (Å²) in [6, 6.07) is 0. The highest BCUT2D eigenvalue weighted by atomic mass is 16.4. The average molecular weight is 425 g/mol. The van der Waals surface area contributed by atoms with Crippen LogP contribution < -0.4 is 0 Å². The van der Waals surface area contributed by atoms with E-state index < -0.39 is 5.97 Å². The summed E-state index contributed by atoms with van der Waals surface area (Å²) in [5.41, 5.74) is 0. The predicted octanol–water partition coefficient (Wildman–Crippen LogP) is 9.95. The van der Waals surface area contributed by atoms with Crippen LogP contribution >= 0.6 is 0 Å². The Bertz CT molecular complexity index is 351. The van der Waals surface area contributed by atoms with Gasteiger partial charge in [-0.25, -0.2) is 0 Å². The molecule has 1 unspecified atom stereocenters. The summed E-state index contributed by atoms with van der Waals surface area (Å²) in [4.78, 5) is 10.5. The van der Waals surface area contributed by atoms with Gasteiger partial charge in [0.15, 0.2) is 0 Å². The standard InChI is InChI=1S/C28H56O2/c1-4-5-6-7-11-14-17-22-27(24-20-21-26(2)3)23-18-15-12-9-8-10-13-16-19-25-28(29)30/h26-27H,4-25H2,1-3H3,(H,29,30). The van der Waals surface area contributed by atoms with Crippen molar-refractivity contribution in [1.82, 2.24) is 0 Å². The first kappa shape index (κ1) is 29.5. The number of unbranched alkanes of at least 4 members (excludes halogenated alkanes) is 14. The molecule has 1 N–H and O–H groups in total. The summed E-state index contributed by atoms with van der Waals surface area (Å²) in [6.45, 7) is 7.02. The van der Waals surface area contributed by atoms with Crippen molar-refractivity contribution < 1.29 is 9.90 Å². The van der Waals surface area contributed by atoms with Crippen molar-refractivity contribution in [2.45, 2.75) is 162 Å². The Morgan fingerprint density at radius 1 is 0.567 bits per heavy atom. The van der Waals surface area contributed by atoms with Gasteiger partial charge in [-0.15, -0.1) is 0 Å². The normalized spacial score (nSPS) is 12.5. The molecule has 0 aliphatic heterocycles. The summed E-state index contributed by atoms with van der Waals surface area (Å²) in [5.74, 6) is 1.19. The van der Waals surface area contributed by atoms with E-state index >= 15 is 0 Å². The summed E-state index contributed by atoms with van der Waals surface area (Å²) in [5, 5.41) is 8.65. The Hall–Kier alpha value is -0.530. The lowest BCUT2D eigenvalue weighted by atomic mass is 9.89. The molecule has 0 aromatic rings. The van der Waals surface area contributed by atoms with Gasteiger partial charge < -0.3 is 5.11 Å². The van der Waals surface area contributed by atoms with Crippen LogP contribution in [0, 0.1) is 11.8 Å². The Balaban J connectivity index is 3.70. The van der Waals surface area contributed by atoms with Crippen molar-refractivity contribution in [2.24, 2.45) is 11.8 Å². The average Bonchev–Trinajstić information content (AvgIpc) is 2.70. The molecule has 0 heterocycles. The zero-order chi connectivity index (χ0) is 22.3. The smallest absolute Gasteiger partial charge is 0.303 e. The van der Waals surface area contributed by atoms with E-state index in [1.165, 1.54) is 122 Å². The Labute approximate surface area is 190 Å².